The second-order valence-corrected chi connectivity index (χ2v) is 6.88. The van der Waals surface area contributed by atoms with Gasteiger partial charge in [0.2, 0.25) is 0 Å². The van der Waals surface area contributed by atoms with Crippen molar-refractivity contribution in [1.82, 2.24) is 4.90 Å². The maximum atomic E-state index is 3.66. The van der Waals surface area contributed by atoms with E-state index in [0.717, 1.165) is 23.2 Å². The lowest BCUT2D eigenvalue weighted by molar-refractivity contribution is 0.148. The van der Waals surface area contributed by atoms with Gasteiger partial charge in [-0.05, 0) is 44.1 Å². The first-order valence-corrected chi connectivity index (χ1v) is 7.24. The smallest absolute Gasteiger partial charge is 0.00922 e. The maximum Gasteiger partial charge on any atom is 0.00922 e. The lowest BCUT2D eigenvalue weighted by atomic mass is 9.81. The molecule has 1 aliphatic rings. The Balaban J connectivity index is 2.43. The van der Waals surface area contributed by atoms with Crippen molar-refractivity contribution in [3.05, 3.63) is 0 Å². The molecule has 0 aliphatic heterocycles. The molecule has 0 aromatic heterocycles. The van der Waals surface area contributed by atoms with Crippen molar-refractivity contribution in [1.29, 1.82) is 0 Å². The lowest BCUT2D eigenvalue weighted by Crippen LogP contribution is -2.39. The molecule has 0 saturated heterocycles. The number of nitrogens with zero attached hydrogens (tertiary/aromatic N) is 1. The molecule has 1 aliphatic carbocycles. The second-order valence-electron chi connectivity index (χ2n) is 6.23. The predicted molar refractivity (Wildman–Crippen MR) is 71.6 cm³/mol. The molecule has 0 amide bonds. The van der Waals surface area contributed by atoms with E-state index in [1.54, 1.807) is 0 Å². The molecule has 90 valence electrons. The summed E-state index contributed by atoms with van der Waals surface area (Å²) < 4.78 is 0. The third-order valence-corrected chi connectivity index (χ3v) is 4.70. The Morgan fingerprint density at radius 1 is 1.33 bits per heavy atom. The molecule has 0 N–H and O–H groups in total. The third kappa shape index (κ3) is 4.07. The summed E-state index contributed by atoms with van der Waals surface area (Å²) >= 11 is 3.66. The summed E-state index contributed by atoms with van der Waals surface area (Å²) in [6.07, 6.45) is 2.89. The van der Waals surface area contributed by atoms with Crippen LogP contribution in [-0.4, -0.2) is 29.9 Å². The monoisotopic (exact) mass is 275 g/mol. The molecule has 2 unspecified atom stereocenters. The zero-order chi connectivity index (χ0) is 11.6. The Kier molecular flexibility index (Phi) is 4.66. The highest BCUT2D eigenvalue weighted by Gasteiger charge is 2.33. The zero-order valence-electron chi connectivity index (χ0n) is 10.9. The number of hydrogen-bond donors (Lipinski definition) is 0. The quantitative estimate of drug-likeness (QED) is 0.691. The van der Waals surface area contributed by atoms with Crippen molar-refractivity contribution in [3.63, 3.8) is 0 Å². The highest BCUT2D eigenvalue weighted by Crippen LogP contribution is 2.36. The van der Waals surface area contributed by atoms with Crippen molar-refractivity contribution in [2.24, 2.45) is 17.3 Å². The van der Waals surface area contributed by atoms with Gasteiger partial charge in [-0.15, -0.1) is 0 Å². The van der Waals surface area contributed by atoms with Crippen LogP contribution in [0.1, 0.15) is 40.5 Å². The summed E-state index contributed by atoms with van der Waals surface area (Å²) in [5.41, 5.74) is 0.404. The van der Waals surface area contributed by atoms with Crippen LogP contribution in [0.2, 0.25) is 0 Å². The summed E-state index contributed by atoms with van der Waals surface area (Å²) in [5, 5.41) is 1.11. The minimum Gasteiger partial charge on any atom is -0.303 e. The van der Waals surface area contributed by atoms with Crippen molar-refractivity contribution in [3.8, 4) is 0 Å². The van der Waals surface area contributed by atoms with Gasteiger partial charge >= 0.3 is 0 Å². The molecule has 0 bridgehead atoms. The SMILES string of the molecule is CC(C1CC1)N(C)CC(CBr)C(C)(C)C. The van der Waals surface area contributed by atoms with Gasteiger partial charge in [0, 0.05) is 17.9 Å². The van der Waals surface area contributed by atoms with Crippen molar-refractivity contribution in [2.75, 3.05) is 18.9 Å². The summed E-state index contributed by atoms with van der Waals surface area (Å²) in [4.78, 5) is 2.55. The standard InChI is InChI=1S/C13H26BrN/c1-10(11-6-7-11)15(5)9-12(8-14)13(2,3)4/h10-12H,6-9H2,1-5H3. The molecule has 0 spiro atoms. The molecule has 1 saturated carbocycles. The summed E-state index contributed by atoms with van der Waals surface area (Å²) in [6.45, 7) is 10.6. The molecule has 2 heteroatoms. The Bertz CT molecular complexity index is 193. The molecule has 0 aromatic rings. The van der Waals surface area contributed by atoms with Crippen LogP contribution in [0.25, 0.3) is 0 Å². The summed E-state index contributed by atoms with van der Waals surface area (Å²) in [6, 6.07) is 0.772. The molecule has 0 radical (unpaired) electrons. The summed E-state index contributed by atoms with van der Waals surface area (Å²) in [7, 11) is 2.28. The first-order valence-electron chi connectivity index (χ1n) is 6.12. The number of halogens is 1. The Hall–Kier alpha value is 0.440. The van der Waals surface area contributed by atoms with Gasteiger partial charge in [-0.3, -0.25) is 0 Å². The normalized spacial score (nSPS) is 21.8. The average molecular weight is 276 g/mol. The van der Waals surface area contributed by atoms with Gasteiger partial charge in [0.15, 0.2) is 0 Å². The molecule has 0 aromatic carbocycles. The molecule has 0 heterocycles. The van der Waals surface area contributed by atoms with Crippen molar-refractivity contribution < 1.29 is 0 Å². The molecule has 1 fully saturated rings. The second kappa shape index (κ2) is 5.18. The third-order valence-electron chi connectivity index (χ3n) is 3.92. The minimum absolute atomic E-state index is 0.404. The van der Waals surface area contributed by atoms with Crippen molar-refractivity contribution >= 4 is 15.9 Å². The fourth-order valence-electron chi connectivity index (χ4n) is 2.01. The van der Waals surface area contributed by atoms with Gasteiger partial charge in [0.05, 0.1) is 0 Å². The first kappa shape index (κ1) is 13.5. The highest BCUT2D eigenvalue weighted by atomic mass is 79.9. The van der Waals surface area contributed by atoms with Gasteiger partial charge in [-0.1, -0.05) is 36.7 Å². The first-order chi connectivity index (χ1) is 6.86. The van der Waals surface area contributed by atoms with Crippen LogP contribution in [0.15, 0.2) is 0 Å². The van der Waals surface area contributed by atoms with Gasteiger partial charge in [-0.25, -0.2) is 0 Å². The molecular formula is C13H26BrN. The van der Waals surface area contributed by atoms with E-state index in [1.807, 2.05) is 0 Å². The minimum atomic E-state index is 0.404. The molecule has 15 heavy (non-hydrogen) atoms. The van der Waals surface area contributed by atoms with Crippen LogP contribution < -0.4 is 0 Å². The van der Waals surface area contributed by atoms with E-state index >= 15 is 0 Å². The zero-order valence-corrected chi connectivity index (χ0v) is 12.5. The molecule has 2 atom stereocenters. The van der Waals surface area contributed by atoms with E-state index in [-0.39, 0.29) is 0 Å². The summed E-state index contributed by atoms with van der Waals surface area (Å²) in [5.74, 6) is 1.72. The Labute approximate surface area is 104 Å². The van der Waals surface area contributed by atoms with Crippen LogP contribution in [0.3, 0.4) is 0 Å². The van der Waals surface area contributed by atoms with E-state index in [9.17, 15) is 0 Å². The van der Waals surface area contributed by atoms with Gasteiger partial charge in [0.1, 0.15) is 0 Å². The van der Waals surface area contributed by atoms with E-state index in [0.29, 0.717) is 5.41 Å². The number of alkyl halides is 1. The lowest BCUT2D eigenvalue weighted by Gasteiger charge is -2.35. The fourth-order valence-corrected chi connectivity index (χ4v) is 3.18. The Morgan fingerprint density at radius 3 is 2.20 bits per heavy atom. The van der Waals surface area contributed by atoms with Crippen LogP contribution in [0.4, 0.5) is 0 Å². The molecule has 1 nitrogen and oxygen atoms in total. The van der Waals surface area contributed by atoms with Crippen molar-refractivity contribution in [2.45, 2.75) is 46.6 Å². The van der Waals surface area contributed by atoms with Crippen LogP contribution in [-0.2, 0) is 0 Å². The van der Waals surface area contributed by atoms with Crippen LogP contribution >= 0.6 is 15.9 Å². The number of rotatable bonds is 5. The topological polar surface area (TPSA) is 3.24 Å². The fraction of sp³-hybridized carbons (Fsp3) is 1.00. The largest absolute Gasteiger partial charge is 0.303 e. The molecular weight excluding hydrogens is 250 g/mol. The van der Waals surface area contributed by atoms with Gasteiger partial charge in [-0.2, -0.15) is 0 Å². The highest BCUT2D eigenvalue weighted by molar-refractivity contribution is 9.09. The van der Waals surface area contributed by atoms with E-state index in [4.69, 9.17) is 0 Å². The van der Waals surface area contributed by atoms with Crippen LogP contribution in [0, 0.1) is 17.3 Å². The van der Waals surface area contributed by atoms with Gasteiger partial charge < -0.3 is 4.90 Å². The van der Waals surface area contributed by atoms with E-state index < -0.39 is 0 Å². The molecule has 1 rings (SSSR count). The van der Waals surface area contributed by atoms with E-state index in [1.165, 1.54) is 19.4 Å². The Morgan fingerprint density at radius 2 is 1.87 bits per heavy atom. The van der Waals surface area contributed by atoms with Gasteiger partial charge in [0.25, 0.3) is 0 Å². The predicted octanol–water partition coefficient (Wildman–Crippen LogP) is 3.77. The van der Waals surface area contributed by atoms with E-state index in [2.05, 4.69) is 55.6 Å². The maximum absolute atomic E-state index is 3.66. The van der Waals surface area contributed by atoms with Crippen LogP contribution in [0.5, 0.6) is 0 Å². The average Bonchev–Trinajstić information content (AvgIpc) is 2.93. The number of hydrogen-bond acceptors (Lipinski definition) is 1.